The number of rotatable bonds is 1. The highest BCUT2D eigenvalue weighted by atomic mass is 35.5. The van der Waals surface area contributed by atoms with E-state index in [-0.39, 0.29) is 16.7 Å². The summed E-state index contributed by atoms with van der Waals surface area (Å²) in [5, 5.41) is 9.37. The van der Waals surface area contributed by atoms with Gasteiger partial charge in [0.15, 0.2) is 0 Å². The van der Waals surface area contributed by atoms with Crippen LogP contribution in [0, 0.1) is 0 Å². The highest BCUT2D eigenvalue weighted by Crippen LogP contribution is 2.29. The molecule has 2 aromatic heterocycles. The molecular formula is C22H16ClF3O6. The maximum absolute atomic E-state index is 12.3. The zero-order valence-electron chi connectivity index (χ0n) is 16.7. The number of halogens is 4. The molecule has 0 unspecified atom stereocenters. The molecule has 0 radical (unpaired) electrons. The fourth-order valence-electron chi connectivity index (χ4n) is 2.54. The molecule has 168 valence electrons. The zero-order chi connectivity index (χ0) is 24.1. The molecule has 0 aliphatic heterocycles. The topological polar surface area (TPSA) is 97.7 Å². The molecule has 4 aromatic rings. The minimum Gasteiger partial charge on any atom is -0.507 e. The Morgan fingerprint density at radius 2 is 1.41 bits per heavy atom. The van der Waals surface area contributed by atoms with Crippen LogP contribution >= 0.6 is 11.6 Å². The van der Waals surface area contributed by atoms with Gasteiger partial charge in [-0.2, -0.15) is 13.2 Å². The van der Waals surface area contributed by atoms with E-state index >= 15 is 0 Å². The number of ketones is 1. The van der Waals surface area contributed by atoms with Crippen LogP contribution in [0.1, 0.15) is 24.2 Å². The van der Waals surface area contributed by atoms with E-state index in [1.807, 2.05) is 13.8 Å². The normalized spacial score (nSPS) is 10.7. The molecule has 2 aromatic carbocycles. The molecule has 32 heavy (non-hydrogen) atoms. The Balaban J connectivity index is 0.000000224. The lowest BCUT2D eigenvalue weighted by Gasteiger charge is -2.07. The van der Waals surface area contributed by atoms with Crippen LogP contribution in [0.15, 0.2) is 73.0 Å². The summed E-state index contributed by atoms with van der Waals surface area (Å²) in [4.78, 5) is 33.2. The van der Waals surface area contributed by atoms with Crippen LogP contribution in [0.2, 0.25) is 5.02 Å². The van der Waals surface area contributed by atoms with Crippen LogP contribution in [-0.2, 0) is 0 Å². The Labute approximate surface area is 183 Å². The first kappa shape index (κ1) is 24.7. The van der Waals surface area contributed by atoms with Crippen molar-refractivity contribution in [3.8, 4) is 5.75 Å². The van der Waals surface area contributed by atoms with Crippen molar-refractivity contribution in [2.75, 3.05) is 0 Å². The Bertz CT molecular complexity index is 1370. The minimum absolute atomic E-state index is 0.0197. The predicted molar refractivity (Wildman–Crippen MR) is 113 cm³/mol. The summed E-state index contributed by atoms with van der Waals surface area (Å²) in [6.07, 6.45) is -5.18. The first-order valence-corrected chi connectivity index (χ1v) is 9.52. The third kappa shape index (κ3) is 5.36. The molecule has 0 amide bonds. The second-order valence-electron chi connectivity index (χ2n) is 5.85. The lowest BCUT2D eigenvalue weighted by molar-refractivity contribution is -0.0887. The van der Waals surface area contributed by atoms with E-state index in [4.69, 9.17) is 16.0 Å². The summed E-state index contributed by atoms with van der Waals surface area (Å²) < 4.78 is 46.4. The number of carbonyl (C=O) groups is 1. The molecule has 0 saturated heterocycles. The van der Waals surface area contributed by atoms with Crippen LogP contribution in [0.3, 0.4) is 0 Å². The largest absolute Gasteiger partial charge is 0.507 e. The number of benzene rings is 2. The molecule has 0 spiro atoms. The number of hydrogen-bond acceptors (Lipinski definition) is 6. The van der Waals surface area contributed by atoms with Gasteiger partial charge in [0.05, 0.1) is 16.5 Å². The number of aromatic hydroxyl groups is 1. The molecule has 0 bridgehead atoms. The molecule has 10 heteroatoms. The van der Waals surface area contributed by atoms with Crippen molar-refractivity contribution < 1.29 is 31.9 Å². The molecule has 0 aliphatic rings. The molecule has 0 atom stereocenters. The smallest absolute Gasteiger partial charge is 0.455 e. The lowest BCUT2D eigenvalue weighted by atomic mass is 10.1. The molecule has 2 heterocycles. The second-order valence-corrected chi connectivity index (χ2v) is 6.23. The van der Waals surface area contributed by atoms with E-state index in [0.29, 0.717) is 11.0 Å². The standard InChI is InChI=1S/C11H4ClF3O3.C9H6O3.C2H6/c12-8-5-3-1-2-4-6(5)18-10(17)7(8)9(16)11(13,14)15;10-7-5-9(11)12-8-4-2-1-3-6(7)8;1-2/h1-4H;1-5,10H;1-2H3. The molecular weight excluding hydrogens is 453 g/mol. The van der Waals surface area contributed by atoms with Gasteiger partial charge in [-0.15, -0.1) is 0 Å². The van der Waals surface area contributed by atoms with Crippen molar-refractivity contribution in [3.05, 3.63) is 86.0 Å². The number of alkyl halides is 3. The zero-order valence-corrected chi connectivity index (χ0v) is 17.5. The minimum atomic E-state index is -5.18. The number of Topliss-reactive ketones (excluding diaryl/α,β-unsaturated/α-hetero) is 1. The SMILES string of the molecule is CC.O=C(c1c(Cl)c2ccccc2oc1=O)C(F)(F)F.O=c1cc(O)c2ccccc2o1. The van der Waals surface area contributed by atoms with Gasteiger partial charge >= 0.3 is 17.4 Å². The third-order valence-corrected chi connectivity index (χ3v) is 4.26. The molecule has 0 saturated carbocycles. The number of hydrogen-bond donors (Lipinski definition) is 1. The van der Waals surface area contributed by atoms with Crippen molar-refractivity contribution in [1.29, 1.82) is 0 Å². The molecule has 6 nitrogen and oxygen atoms in total. The van der Waals surface area contributed by atoms with Crippen molar-refractivity contribution in [2.24, 2.45) is 0 Å². The van der Waals surface area contributed by atoms with E-state index in [1.165, 1.54) is 24.3 Å². The maximum Gasteiger partial charge on any atom is 0.455 e. The van der Waals surface area contributed by atoms with Crippen LogP contribution in [0.25, 0.3) is 21.9 Å². The Kier molecular flexibility index (Phi) is 7.82. The van der Waals surface area contributed by atoms with Crippen LogP contribution in [0.4, 0.5) is 13.2 Å². The van der Waals surface area contributed by atoms with Gasteiger partial charge in [0.25, 0.3) is 5.78 Å². The number of para-hydroxylation sites is 2. The van der Waals surface area contributed by atoms with E-state index in [1.54, 1.807) is 24.3 Å². The predicted octanol–water partition coefficient (Wildman–Crippen LogP) is 5.72. The Morgan fingerprint density at radius 3 is 1.97 bits per heavy atom. The summed E-state index contributed by atoms with van der Waals surface area (Å²) in [6.45, 7) is 4.00. The molecule has 0 aliphatic carbocycles. The van der Waals surface area contributed by atoms with Gasteiger partial charge in [-0.05, 0) is 24.3 Å². The van der Waals surface area contributed by atoms with Crippen molar-refractivity contribution >= 4 is 39.3 Å². The average molecular weight is 469 g/mol. The lowest BCUT2D eigenvalue weighted by Crippen LogP contribution is -2.28. The van der Waals surface area contributed by atoms with Gasteiger partial charge in [-0.1, -0.05) is 49.7 Å². The second kappa shape index (κ2) is 10.1. The van der Waals surface area contributed by atoms with E-state index in [9.17, 15) is 32.7 Å². The molecule has 4 rings (SSSR count). The Hall–Kier alpha value is -3.59. The highest BCUT2D eigenvalue weighted by Gasteiger charge is 2.42. The first-order valence-electron chi connectivity index (χ1n) is 9.14. The van der Waals surface area contributed by atoms with Crippen LogP contribution < -0.4 is 11.3 Å². The quantitative estimate of drug-likeness (QED) is 0.283. The van der Waals surface area contributed by atoms with E-state index in [2.05, 4.69) is 4.42 Å². The van der Waals surface area contributed by atoms with Crippen molar-refractivity contribution in [2.45, 2.75) is 20.0 Å². The van der Waals surface area contributed by atoms with Crippen molar-refractivity contribution in [3.63, 3.8) is 0 Å². The summed E-state index contributed by atoms with van der Waals surface area (Å²) >= 11 is 5.67. The monoisotopic (exact) mass is 468 g/mol. The fourth-order valence-corrected chi connectivity index (χ4v) is 2.86. The van der Waals surface area contributed by atoms with Crippen LogP contribution in [0.5, 0.6) is 5.75 Å². The van der Waals surface area contributed by atoms with Crippen LogP contribution in [-0.4, -0.2) is 17.1 Å². The highest BCUT2D eigenvalue weighted by molar-refractivity contribution is 6.38. The van der Waals surface area contributed by atoms with Crippen molar-refractivity contribution in [1.82, 2.24) is 0 Å². The third-order valence-electron chi connectivity index (χ3n) is 3.86. The van der Waals surface area contributed by atoms with Gasteiger partial charge in [-0.25, -0.2) is 9.59 Å². The number of carbonyl (C=O) groups excluding carboxylic acids is 1. The molecule has 1 N–H and O–H groups in total. The van der Waals surface area contributed by atoms with Gasteiger partial charge < -0.3 is 13.9 Å². The average Bonchev–Trinajstić information content (AvgIpc) is 2.75. The van der Waals surface area contributed by atoms with Gasteiger partial charge in [0, 0.05) is 5.39 Å². The first-order chi connectivity index (χ1) is 15.1. The number of fused-ring (bicyclic) bond motifs is 2. The summed E-state index contributed by atoms with van der Waals surface area (Å²) in [5.41, 5.74) is -2.70. The summed E-state index contributed by atoms with van der Waals surface area (Å²) in [7, 11) is 0. The van der Waals surface area contributed by atoms with E-state index < -0.39 is 33.8 Å². The Morgan fingerprint density at radius 1 is 0.906 bits per heavy atom. The van der Waals surface area contributed by atoms with E-state index in [0.717, 1.165) is 6.07 Å². The summed E-state index contributed by atoms with van der Waals surface area (Å²) in [5.74, 6) is -2.35. The molecule has 0 fully saturated rings. The maximum atomic E-state index is 12.3. The van der Waals surface area contributed by atoms with Gasteiger partial charge in [0.1, 0.15) is 22.5 Å². The fraction of sp³-hybridized carbons (Fsp3) is 0.136. The van der Waals surface area contributed by atoms with Gasteiger partial charge in [-0.3, -0.25) is 4.79 Å². The summed E-state index contributed by atoms with van der Waals surface area (Å²) in [6, 6.07) is 13.6. The van der Waals surface area contributed by atoms with Gasteiger partial charge in [0.2, 0.25) is 0 Å².